The lowest BCUT2D eigenvalue weighted by Gasteiger charge is -2.22. The van der Waals surface area contributed by atoms with Gasteiger partial charge in [-0.05, 0) is 37.1 Å². The number of aromatic nitrogens is 2. The standard InChI is InChI=1S/C23H24N4O/c28-23(19-16-24-22(25-17-19)18-8-4-3-5-9-18)26-20-10-12-21(13-11-20)27-14-6-1-2-7-15-27/h3-5,8-13,16-17H,1-2,6-7,14-15H2,(H,26,28). The molecule has 142 valence electrons. The van der Waals surface area contributed by atoms with Crippen molar-refractivity contribution in [2.75, 3.05) is 23.3 Å². The molecule has 1 fully saturated rings. The van der Waals surface area contributed by atoms with E-state index in [1.165, 1.54) is 31.4 Å². The first kappa shape index (κ1) is 18.2. The van der Waals surface area contributed by atoms with Crippen LogP contribution in [-0.4, -0.2) is 29.0 Å². The Labute approximate surface area is 165 Å². The summed E-state index contributed by atoms with van der Waals surface area (Å²) in [5, 5.41) is 2.92. The van der Waals surface area contributed by atoms with E-state index in [1.807, 2.05) is 42.5 Å². The van der Waals surface area contributed by atoms with Gasteiger partial charge in [0.05, 0.1) is 5.56 Å². The van der Waals surface area contributed by atoms with Crippen molar-refractivity contribution in [2.45, 2.75) is 25.7 Å². The summed E-state index contributed by atoms with van der Waals surface area (Å²) in [6, 6.07) is 17.8. The van der Waals surface area contributed by atoms with Gasteiger partial charge in [-0.3, -0.25) is 4.79 Å². The summed E-state index contributed by atoms with van der Waals surface area (Å²) in [5.74, 6) is 0.404. The number of hydrogen-bond donors (Lipinski definition) is 1. The number of nitrogens with one attached hydrogen (secondary N) is 1. The molecular formula is C23H24N4O. The van der Waals surface area contributed by atoms with Gasteiger partial charge in [-0.1, -0.05) is 43.2 Å². The number of carbonyl (C=O) groups is 1. The minimum atomic E-state index is -0.206. The predicted molar refractivity (Wildman–Crippen MR) is 113 cm³/mol. The van der Waals surface area contributed by atoms with Gasteiger partial charge < -0.3 is 10.2 Å². The van der Waals surface area contributed by atoms with Gasteiger partial charge in [0.2, 0.25) is 0 Å². The van der Waals surface area contributed by atoms with E-state index in [4.69, 9.17) is 0 Å². The molecule has 0 radical (unpaired) electrons. The molecule has 0 atom stereocenters. The fourth-order valence-electron chi connectivity index (χ4n) is 3.47. The molecular weight excluding hydrogens is 348 g/mol. The highest BCUT2D eigenvalue weighted by atomic mass is 16.1. The quantitative estimate of drug-likeness (QED) is 0.716. The molecule has 1 saturated heterocycles. The van der Waals surface area contributed by atoms with Crippen LogP contribution in [0.1, 0.15) is 36.0 Å². The number of rotatable bonds is 4. The molecule has 28 heavy (non-hydrogen) atoms. The van der Waals surface area contributed by atoms with Gasteiger partial charge in [-0.15, -0.1) is 0 Å². The second-order valence-corrected chi connectivity index (χ2v) is 7.06. The summed E-state index contributed by atoms with van der Waals surface area (Å²) in [6.07, 6.45) is 8.26. The average Bonchev–Trinajstić information content (AvgIpc) is 3.05. The van der Waals surface area contributed by atoms with E-state index >= 15 is 0 Å². The van der Waals surface area contributed by atoms with Crippen LogP contribution in [0.4, 0.5) is 11.4 Å². The molecule has 2 heterocycles. The van der Waals surface area contributed by atoms with Crippen LogP contribution in [0.2, 0.25) is 0 Å². The van der Waals surface area contributed by atoms with Gasteiger partial charge in [0.25, 0.3) is 5.91 Å². The molecule has 0 saturated carbocycles. The highest BCUT2D eigenvalue weighted by Gasteiger charge is 2.11. The van der Waals surface area contributed by atoms with Crippen LogP contribution in [-0.2, 0) is 0 Å². The van der Waals surface area contributed by atoms with Gasteiger partial charge in [-0.25, -0.2) is 9.97 Å². The Kier molecular flexibility index (Phi) is 5.61. The van der Waals surface area contributed by atoms with E-state index in [1.54, 1.807) is 12.4 Å². The van der Waals surface area contributed by atoms with E-state index in [9.17, 15) is 4.79 Å². The summed E-state index contributed by atoms with van der Waals surface area (Å²) < 4.78 is 0. The Hall–Kier alpha value is -3.21. The van der Waals surface area contributed by atoms with Crippen molar-refractivity contribution >= 4 is 17.3 Å². The number of carbonyl (C=O) groups excluding carboxylic acids is 1. The third-order valence-electron chi connectivity index (χ3n) is 5.04. The van der Waals surface area contributed by atoms with Gasteiger partial charge in [0.1, 0.15) is 0 Å². The Balaban J connectivity index is 1.40. The molecule has 0 aliphatic carbocycles. The summed E-state index contributed by atoms with van der Waals surface area (Å²) in [5.41, 5.74) is 3.36. The number of nitrogens with zero attached hydrogens (tertiary/aromatic N) is 3. The van der Waals surface area contributed by atoms with Crippen LogP contribution in [0.15, 0.2) is 67.0 Å². The molecule has 5 nitrogen and oxygen atoms in total. The Morgan fingerprint density at radius 2 is 1.46 bits per heavy atom. The Bertz CT molecular complexity index is 900. The Morgan fingerprint density at radius 1 is 0.821 bits per heavy atom. The molecule has 0 bridgehead atoms. The largest absolute Gasteiger partial charge is 0.372 e. The molecule has 1 amide bonds. The fourth-order valence-corrected chi connectivity index (χ4v) is 3.47. The van der Waals surface area contributed by atoms with Crippen LogP contribution in [0, 0.1) is 0 Å². The first-order valence-corrected chi connectivity index (χ1v) is 9.83. The first-order chi connectivity index (χ1) is 13.8. The molecule has 5 heteroatoms. The minimum Gasteiger partial charge on any atom is -0.372 e. The zero-order valence-electron chi connectivity index (χ0n) is 15.8. The van der Waals surface area contributed by atoms with Crippen LogP contribution in [0.25, 0.3) is 11.4 Å². The molecule has 3 aromatic rings. The van der Waals surface area contributed by atoms with Crippen molar-refractivity contribution in [3.63, 3.8) is 0 Å². The van der Waals surface area contributed by atoms with Crippen LogP contribution in [0.3, 0.4) is 0 Å². The summed E-state index contributed by atoms with van der Waals surface area (Å²) in [4.78, 5) is 23.6. The van der Waals surface area contributed by atoms with E-state index < -0.39 is 0 Å². The van der Waals surface area contributed by atoms with E-state index in [-0.39, 0.29) is 5.91 Å². The van der Waals surface area contributed by atoms with E-state index in [2.05, 4.69) is 32.3 Å². The zero-order valence-corrected chi connectivity index (χ0v) is 15.8. The minimum absolute atomic E-state index is 0.206. The zero-order chi connectivity index (χ0) is 19.2. The van der Waals surface area contributed by atoms with Gasteiger partial charge in [-0.2, -0.15) is 0 Å². The third kappa shape index (κ3) is 4.36. The smallest absolute Gasteiger partial charge is 0.258 e. The van der Waals surface area contributed by atoms with Crippen LogP contribution in [0.5, 0.6) is 0 Å². The molecule has 1 aromatic heterocycles. The van der Waals surface area contributed by atoms with Gasteiger partial charge in [0.15, 0.2) is 5.82 Å². The summed E-state index contributed by atoms with van der Waals surface area (Å²) >= 11 is 0. The summed E-state index contributed by atoms with van der Waals surface area (Å²) in [6.45, 7) is 2.22. The second kappa shape index (κ2) is 8.65. The topological polar surface area (TPSA) is 58.1 Å². The maximum absolute atomic E-state index is 12.5. The number of benzene rings is 2. The lowest BCUT2D eigenvalue weighted by molar-refractivity contribution is 0.102. The van der Waals surface area contributed by atoms with Crippen molar-refractivity contribution < 1.29 is 4.79 Å². The normalized spacial score (nSPS) is 14.4. The van der Waals surface area contributed by atoms with E-state index in [0.29, 0.717) is 11.4 Å². The average molecular weight is 372 g/mol. The van der Waals surface area contributed by atoms with Crippen molar-refractivity contribution in [2.24, 2.45) is 0 Å². The number of amides is 1. The van der Waals surface area contributed by atoms with Gasteiger partial charge in [0, 0.05) is 42.4 Å². The predicted octanol–water partition coefficient (Wildman–Crippen LogP) is 4.78. The van der Waals surface area contributed by atoms with Gasteiger partial charge >= 0.3 is 0 Å². The molecule has 1 N–H and O–H groups in total. The molecule has 1 aliphatic heterocycles. The fraction of sp³-hybridized carbons (Fsp3) is 0.261. The van der Waals surface area contributed by atoms with Crippen LogP contribution < -0.4 is 10.2 Å². The Morgan fingerprint density at radius 3 is 2.11 bits per heavy atom. The molecule has 2 aromatic carbocycles. The highest BCUT2D eigenvalue weighted by molar-refractivity contribution is 6.04. The van der Waals surface area contributed by atoms with Crippen molar-refractivity contribution in [1.82, 2.24) is 9.97 Å². The van der Waals surface area contributed by atoms with Crippen LogP contribution >= 0.6 is 0 Å². The second-order valence-electron chi connectivity index (χ2n) is 7.06. The molecule has 0 spiro atoms. The number of hydrogen-bond acceptors (Lipinski definition) is 4. The lowest BCUT2D eigenvalue weighted by atomic mass is 10.2. The SMILES string of the molecule is O=C(Nc1ccc(N2CCCCCC2)cc1)c1cnc(-c2ccccc2)nc1. The monoisotopic (exact) mass is 372 g/mol. The molecule has 4 rings (SSSR count). The molecule has 0 unspecified atom stereocenters. The third-order valence-corrected chi connectivity index (χ3v) is 5.04. The maximum Gasteiger partial charge on any atom is 0.258 e. The van der Waals surface area contributed by atoms with Crippen molar-refractivity contribution in [3.05, 3.63) is 72.6 Å². The lowest BCUT2D eigenvalue weighted by Crippen LogP contribution is -2.23. The number of anilines is 2. The van der Waals surface area contributed by atoms with Crippen molar-refractivity contribution in [1.29, 1.82) is 0 Å². The maximum atomic E-state index is 12.5. The molecule has 1 aliphatic rings. The van der Waals surface area contributed by atoms with Crippen molar-refractivity contribution in [3.8, 4) is 11.4 Å². The summed E-state index contributed by atoms with van der Waals surface area (Å²) in [7, 11) is 0. The highest BCUT2D eigenvalue weighted by Crippen LogP contribution is 2.22. The first-order valence-electron chi connectivity index (χ1n) is 9.83. The van der Waals surface area contributed by atoms with E-state index in [0.717, 1.165) is 24.3 Å².